The molecular formula is C6H7N3O. The molecule has 1 rings (SSSR count). The number of isocyanates is 1. The van der Waals surface area contributed by atoms with E-state index in [4.69, 9.17) is 0 Å². The van der Waals surface area contributed by atoms with Crippen molar-refractivity contribution >= 4 is 11.9 Å². The van der Waals surface area contributed by atoms with Crippen LogP contribution in [0.1, 0.15) is 5.56 Å². The number of hydrogen-bond donors (Lipinski definition) is 0. The maximum Gasteiger partial charge on any atom is 0.242 e. The van der Waals surface area contributed by atoms with Crippen LogP contribution in [0.3, 0.4) is 0 Å². The van der Waals surface area contributed by atoms with Gasteiger partial charge in [0.05, 0.1) is 6.20 Å². The van der Waals surface area contributed by atoms with Gasteiger partial charge in [-0.3, -0.25) is 4.68 Å². The molecule has 10 heavy (non-hydrogen) atoms. The van der Waals surface area contributed by atoms with Gasteiger partial charge in [-0.1, -0.05) is 0 Å². The fraction of sp³-hybridized carbons (Fsp3) is 0.333. The van der Waals surface area contributed by atoms with Gasteiger partial charge in [0.25, 0.3) is 0 Å². The van der Waals surface area contributed by atoms with Gasteiger partial charge in [0, 0.05) is 12.6 Å². The summed E-state index contributed by atoms with van der Waals surface area (Å²) in [7, 11) is 1.73. The van der Waals surface area contributed by atoms with E-state index in [9.17, 15) is 4.79 Å². The van der Waals surface area contributed by atoms with E-state index >= 15 is 0 Å². The Morgan fingerprint density at radius 3 is 2.90 bits per heavy atom. The molecule has 0 saturated heterocycles. The number of hydrogen-bond acceptors (Lipinski definition) is 3. The fourth-order valence-electron chi connectivity index (χ4n) is 0.745. The Bertz CT molecular complexity index is 264. The van der Waals surface area contributed by atoms with E-state index in [1.807, 2.05) is 6.92 Å². The van der Waals surface area contributed by atoms with Crippen molar-refractivity contribution in [2.24, 2.45) is 12.0 Å². The van der Waals surface area contributed by atoms with Crippen molar-refractivity contribution in [3.05, 3.63) is 11.8 Å². The third-order valence-corrected chi connectivity index (χ3v) is 1.24. The van der Waals surface area contributed by atoms with E-state index in [-0.39, 0.29) is 0 Å². The highest BCUT2D eigenvalue weighted by molar-refractivity contribution is 5.48. The van der Waals surface area contributed by atoms with Crippen molar-refractivity contribution in [3.63, 3.8) is 0 Å². The summed E-state index contributed by atoms with van der Waals surface area (Å²) >= 11 is 0. The van der Waals surface area contributed by atoms with Crippen LogP contribution in [0.25, 0.3) is 0 Å². The molecule has 52 valence electrons. The summed E-state index contributed by atoms with van der Waals surface area (Å²) in [6.45, 7) is 1.84. The van der Waals surface area contributed by atoms with Crippen LogP contribution in [0.2, 0.25) is 0 Å². The van der Waals surface area contributed by atoms with Crippen LogP contribution in [0.4, 0.5) is 5.82 Å². The summed E-state index contributed by atoms with van der Waals surface area (Å²) in [6.07, 6.45) is 3.11. The average molecular weight is 137 g/mol. The number of aromatic nitrogens is 2. The largest absolute Gasteiger partial charge is 0.250 e. The highest BCUT2D eigenvalue weighted by atomic mass is 16.1. The van der Waals surface area contributed by atoms with E-state index in [0.717, 1.165) is 5.56 Å². The lowest BCUT2D eigenvalue weighted by Crippen LogP contribution is -1.87. The topological polar surface area (TPSA) is 47.2 Å². The molecule has 0 aliphatic heterocycles. The second-order valence-corrected chi connectivity index (χ2v) is 1.98. The zero-order valence-electron chi connectivity index (χ0n) is 5.83. The highest BCUT2D eigenvalue weighted by Crippen LogP contribution is 2.14. The summed E-state index contributed by atoms with van der Waals surface area (Å²) in [5.74, 6) is 0.565. The predicted octanol–water partition coefficient (Wildman–Crippen LogP) is 0.696. The van der Waals surface area contributed by atoms with Crippen molar-refractivity contribution in [3.8, 4) is 0 Å². The summed E-state index contributed by atoms with van der Waals surface area (Å²) in [4.78, 5) is 13.3. The van der Waals surface area contributed by atoms with Gasteiger partial charge in [-0.05, 0) is 6.92 Å². The molecule has 1 aromatic heterocycles. The number of aryl methyl sites for hydroxylation is 2. The Balaban J connectivity index is 3.22. The number of rotatable bonds is 1. The molecule has 0 fully saturated rings. The maximum absolute atomic E-state index is 9.84. The maximum atomic E-state index is 9.84. The Kier molecular flexibility index (Phi) is 1.65. The lowest BCUT2D eigenvalue weighted by molar-refractivity contribution is 0.564. The smallest absolute Gasteiger partial charge is 0.242 e. The van der Waals surface area contributed by atoms with Crippen molar-refractivity contribution in [1.29, 1.82) is 0 Å². The minimum absolute atomic E-state index is 0.565. The summed E-state index contributed by atoms with van der Waals surface area (Å²) in [5.41, 5.74) is 0.880. The molecule has 4 heteroatoms. The first kappa shape index (κ1) is 6.71. The van der Waals surface area contributed by atoms with Crippen molar-refractivity contribution in [1.82, 2.24) is 9.78 Å². The van der Waals surface area contributed by atoms with Gasteiger partial charge >= 0.3 is 0 Å². The van der Waals surface area contributed by atoms with E-state index in [0.29, 0.717) is 5.82 Å². The van der Waals surface area contributed by atoms with Gasteiger partial charge in [0.1, 0.15) is 0 Å². The van der Waals surface area contributed by atoms with Gasteiger partial charge in [-0.15, -0.1) is 4.99 Å². The van der Waals surface area contributed by atoms with Crippen LogP contribution < -0.4 is 0 Å². The molecule has 1 heterocycles. The lowest BCUT2D eigenvalue weighted by Gasteiger charge is -1.90. The Hall–Kier alpha value is -1.41. The summed E-state index contributed by atoms with van der Waals surface area (Å²) in [6, 6.07) is 0. The van der Waals surface area contributed by atoms with Gasteiger partial charge in [-0.25, -0.2) is 4.79 Å². The quantitative estimate of drug-likeness (QED) is 0.422. The van der Waals surface area contributed by atoms with E-state index in [1.165, 1.54) is 10.8 Å². The number of nitrogens with zero attached hydrogens (tertiary/aromatic N) is 3. The molecule has 0 aromatic carbocycles. The normalized spacial score (nSPS) is 9.00. The molecule has 0 unspecified atom stereocenters. The van der Waals surface area contributed by atoms with Gasteiger partial charge < -0.3 is 0 Å². The number of carbonyl (C=O) groups excluding carboxylic acids is 1. The van der Waals surface area contributed by atoms with Crippen LogP contribution in [0.15, 0.2) is 11.2 Å². The SMILES string of the molecule is Cc1cnn(C)c1N=C=O. The Morgan fingerprint density at radius 1 is 1.80 bits per heavy atom. The van der Waals surface area contributed by atoms with Crippen LogP contribution in [-0.2, 0) is 11.8 Å². The molecular weight excluding hydrogens is 130 g/mol. The molecule has 4 nitrogen and oxygen atoms in total. The standard InChI is InChI=1S/C6H7N3O/c1-5-3-8-9(2)6(5)7-4-10/h3H,1-2H3. The minimum Gasteiger partial charge on any atom is -0.250 e. The van der Waals surface area contributed by atoms with Gasteiger partial charge in [-0.2, -0.15) is 5.10 Å². The molecule has 0 aliphatic rings. The molecule has 1 aromatic rings. The van der Waals surface area contributed by atoms with Gasteiger partial charge in [0.15, 0.2) is 5.82 Å². The van der Waals surface area contributed by atoms with Crippen LogP contribution >= 0.6 is 0 Å². The molecule has 0 amide bonds. The first-order valence-electron chi connectivity index (χ1n) is 2.82. The van der Waals surface area contributed by atoms with Gasteiger partial charge in [0.2, 0.25) is 6.08 Å². The predicted molar refractivity (Wildman–Crippen MR) is 35.7 cm³/mol. The van der Waals surface area contributed by atoms with Crippen molar-refractivity contribution in [2.75, 3.05) is 0 Å². The van der Waals surface area contributed by atoms with Crippen molar-refractivity contribution in [2.45, 2.75) is 6.92 Å². The molecule has 0 bridgehead atoms. The molecule has 0 saturated carbocycles. The molecule has 0 N–H and O–H groups in total. The first-order valence-corrected chi connectivity index (χ1v) is 2.82. The molecule has 0 atom stereocenters. The highest BCUT2D eigenvalue weighted by Gasteiger charge is 1.99. The molecule has 0 aliphatic carbocycles. The van der Waals surface area contributed by atoms with E-state index in [2.05, 4.69) is 10.1 Å². The molecule has 0 spiro atoms. The second kappa shape index (κ2) is 2.45. The van der Waals surface area contributed by atoms with Crippen LogP contribution in [0, 0.1) is 6.92 Å². The molecule has 0 radical (unpaired) electrons. The van der Waals surface area contributed by atoms with E-state index < -0.39 is 0 Å². The monoisotopic (exact) mass is 137 g/mol. The fourth-order valence-corrected chi connectivity index (χ4v) is 0.745. The Labute approximate surface area is 58.2 Å². The average Bonchev–Trinajstić information content (AvgIpc) is 2.20. The first-order chi connectivity index (χ1) is 4.75. The summed E-state index contributed by atoms with van der Waals surface area (Å²) < 4.78 is 1.53. The summed E-state index contributed by atoms with van der Waals surface area (Å²) in [5, 5.41) is 3.88. The van der Waals surface area contributed by atoms with Crippen LogP contribution in [0.5, 0.6) is 0 Å². The van der Waals surface area contributed by atoms with Crippen molar-refractivity contribution < 1.29 is 4.79 Å². The number of aliphatic imine (C=N–C) groups is 1. The lowest BCUT2D eigenvalue weighted by atomic mass is 10.4. The van der Waals surface area contributed by atoms with E-state index in [1.54, 1.807) is 13.2 Å². The Morgan fingerprint density at radius 2 is 2.50 bits per heavy atom. The second-order valence-electron chi connectivity index (χ2n) is 1.98. The zero-order valence-corrected chi connectivity index (χ0v) is 5.83. The third kappa shape index (κ3) is 0.967. The zero-order chi connectivity index (χ0) is 7.56. The minimum atomic E-state index is 0.565. The third-order valence-electron chi connectivity index (χ3n) is 1.24. The van der Waals surface area contributed by atoms with Crippen LogP contribution in [-0.4, -0.2) is 15.9 Å².